The number of rotatable bonds is 3. The summed E-state index contributed by atoms with van der Waals surface area (Å²) in [7, 11) is 0. The largest absolute Gasteiger partial charge is 0.394 e. The first kappa shape index (κ1) is 16.8. The monoisotopic (exact) mass is 334 g/mol. The standard InChI is InChI=1S/C14H17F3N2O2S/c1-13(2)10(14(15,16)17)5-6-19(13)11(20)8-18-12(21)9-4-3-7-22-9/h3-4,7,10H,5-6,8H2,1-2H3,(H,18,21)/t10-/m0/s1. The van der Waals surface area contributed by atoms with Gasteiger partial charge in [0.25, 0.3) is 5.91 Å². The fourth-order valence-corrected chi connectivity index (χ4v) is 3.48. The van der Waals surface area contributed by atoms with E-state index in [0.717, 1.165) is 0 Å². The van der Waals surface area contributed by atoms with Gasteiger partial charge in [0.15, 0.2) is 0 Å². The van der Waals surface area contributed by atoms with Crippen molar-refractivity contribution in [3.8, 4) is 0 Å². The summed E-state index contributed by atoms with van der Waals surface area (Å²) in [6.45, 7) is 2.57. The Morgan fingerprint density at radius 3 is 2.64 bits per heavy atom. The smallest absolute Gasteiger partial charge is 0.342 e. The number of carbonyl (C=O) groups excluding carboxylic acids is 2. The first-order valence-electron chi connectivity index (χ1n) is 6.83. The SMILES string of the molecule is CC1(C)[C@@H](C(F)(F)F)CCN1C(=O)CNC(=O)c1cccs1. The quantitative estimate of drug-likeness (QED) is 0.924. The predicted octanol–water partition coefficient (Wildman–Crippen LogP) is 2.67. The lowest BCUT2D eigenvalue weighted by atomic mass is 9.88. The number of nitrogens with zero attached hydrogens (tertiary/aromatic N) is 1. The molecule has 122 valence electrons. The highest BCUT2D eigenvalue weighted by molar-refractivity contribution is 7.12. The Bertz CT molecular complexity index is 555. The Morgan fingerprint density at radius 2 is 2.14 bits per heavy atom. The summed E-state index contributed by atoms with van der Waals surface area (Å²) in [6, 6.07) is 3.32. The lowest BCUT2D eigenvalue weighted by Gasteiger charge is -2.36. The average molecular weight is 334 g/mol. The third-order valence-corrected chi connectivity index (χ3v) is 4.90. The van der Waals surface area contributed by atoms with E-state index in [1.54, 1.807) is 17.5 Å². The van der Waals surface area contributed by atoms with Crippen LogP contribution in [0.2, 0.25) is 0 Å². The molecular weight excluding hydrogens is 317 g/mol. The minimum atomic E-state index is -4.33. The van der Waals surface area contributed by atoms with Gasteiger partial charge in [-0.15, -0.1) is 11.3 Å². The van der Waals surface area contributed by atoms with Gasteiger partial charge >= 0.3 is 6.18 Å². The third-order valence-electron chi connectivity index (χ3n) is 4.03. The molecule has 1 atom stereocenters. The molecule has 0 radical (unpaired) electrons. The molecule has 1 aromatic rings. The molecule has 1 fully saturated rings. The fraction of sp³-hybridized carbons (Fsp3) is 0.571. The summed E-state index contributed by atoms with van der Waals surface area (Å²) in [4.78, 5) is 25.6. The van der Waals surface area contributed by atoms with Crippen molar-refractivity contribution in [3.05, 3.63) is 22.4 Å². The van der Waals surface area contributed by atoms with Gasteiger partial charge in [-0.05, 0) is 31.7 Å². The van der Waals surface area contributed by atoms with Crippen LogP contribution in [0.25, 0.3) is 0 Å². The van der Waals surface area contributed by atoms with Crippen molar-refractivity contribution >= 4 is 23.2 Å². The molecule has 0 unspecified atom stereocenters. The first-order chi connectivity index (χ1) is 10.1. The number of amides is 2. The van der Waals surface area contributed by atoms with Gasteiger partial charge in [0.2, 0.25) is 5.91 Å². The van der Waals surface area contributed by atoms with Crippen molar-refractivity contribution < 1.29 is 22.8 Å². The molecule has 2 rings (SSSR count). The zero-order chi connectivity index (χ0) is 16.5. The molecule has 22 heavy (non-hydrogen) atoms. The van der Waals surface area contributed by atoms with E-state index in [1.807, 2.05) is 0 Å². The summed E-state index contributed by atoms with van der Waals surface area (Å²) in [6.07, 6.45) is -4.44. The molecule has 2 amide bonds. The number of likely N-dealkylation sites (tertiary alicyclic amines) is 1. The second-order valence-electron chi connectivity index (χ2n) is 5.74. The number of hydrogen-bond donors (Lipinski definition) is 1. The summed E-state index contributed by atoms with van der Waals surface area (Å²) in [5.74, 6) is -2.44. The van der Waals surface area contributed by atoms with Gasteiger partial charge < -0.3 is 10.2 Å². The number of carbonyl (C=O) groups is 2. The van der Waals surface area contributed by atoms with Crippen LogP contribution in [-0.2, 0) is 4.79 Å². The Balaban J connectivity index is 1.97. The maximum absolute atomic E-state index is 13.0. The molecule has 4 nitrogen and oxygen atoms in total. The molecule has 8 heteroatoms. The minimum Gasteiger partial charge on any atom is -0.342 e. The average Bonchev–Trinajstić information content (AvgIpc) is 3.01. The number of hydrogen-bond acceptors (Lipinski definition) is 3. The maximum atomic E-state index is 13.0. The summed E-state index contributed by atoms with van der Waals surface area (Å²) in [5.41, 5.74) is -1.30. The molecular formula is C14H17F3N2O2S. The Morgan fingerprint density at radius 1 is 1.45 bits per heavy atom. The van der Waals surface area contributed by atoms with Crippen LogP contribution in [0.1, 0.15) is 29.9 Å². The third kappa shape index (κ3) is 3.26. The first-order valence-corrected chi connectivity index (χ1v) is 7.71. The van der Waals surface area contributed by atoms with Crippen LogP contribution in [0.3, 0.4) is 0 Å². The van der Waals surface area contributed by atoms with Gasteiger partial charge in [-0.2, -0.15) is 13.2 Å². The van der Waals surface area contributed by atoms with Crippen molar-refractivity contribution in [1.29, 1.82) is 0 Å². The maximum Gasteiger partial charge on any atom is 0.394 e. The number of thiophene rings is 1. The van der Waals surface area contributed by atoms with Crippen LogP contribution in [0, 0.1) is 5.92 Å². The van der Waals surface area contributed by atoms with Crippen LogP contribution >= 0.6 is 11.3 Å². The molecule has 0 bridgehead atoms. The van der Waals surface area contributed by atoms with E-state index in [-0.39, 0.29) is 19.5 Å². The van der Waals surface area contributed by atoms with E-state index < -0.39 is 29.4 Å². The topological polar surface area (TPSA) is 49.4 Å². The van der Waals surface area contributed by atoms with Gasteiger partial charge in [-0.25, -0.2) is 0 Å². The molecule has 1 aliphatic rings. The molecule has 0 saturated carbocycles. The highest BCUT2D eigenvalue weighted by Gasteiger charge is 2.56. The lowest BCUT2D eigenvalue weighted by Crippen LogP contribution is -2.52. The molecule has 1 aromatic heterocycles. The molecule has 0 aromatic carbocycles. The highest BCUT2D eigenvalue weighted by Crippen LogP contribution is 2.44. The Kier molecular flexibility index (Phi) is 4.51. The highest BCUT2D eigenvalue weighted by atomic mass is 32.1. The van der Waals surface area contributed by atoms with Crippen molar-refractivity contribution in [3.63, 3.8) is 0 Å². The normalized spacial score (nSPS) is 21.0. The van der Waals surface area contributed by atoms with E-state index >= 15 is 0 Å². The van der Waals surface area contributed by atoms with Crippen LogP contribution in [-0.4, -0.2) is 41.5 Å². The minimum absolute atomic E-state index is 0.0465. The lowest BCUT2D eigenvalue weighted by molar-refractivity contribution is -0.192. The van der Waals surface area contributed by atoms with Crippen LogP contribution in [0.4, 0.5) is 13.2 Å². The predicted molar refractivity (Wildman–Crippen MR) is 76.6 cm³/mol. The van der Waals surface area contributed by atoms with Crippen molar-refractivity contribution in [1.82, 2.24) is 10.2 Å². The number of halogens is 3. The number of alkyl halides is 3. The number of nitrogens with one attached hydrogen (secondary N) is 1. The fourth-order valence-electron chi connectivity index (χ4n) is 2.84. The Hall–Kier alpha value is -1.57. The van der Waals surface area contributed by atoms with Gasteiger partial charge in [0.05, 0.1) is 17.3 Å². The zero-order valence-electron chi connectivity index (χ0n) is 12.2. The van der Waals surface area contributed by atoms with E-state index in [4.69, 9.17) is 0 Å². The van der Waals surface area contributed by atoms with E-state index in [1.165, 1.54) is 30.1 Å². The van der Waals surface area contributed by atoms with Crippen molar-refractivity contribution in [2.45, 2.75) is 32.0 Å². The summed E-state index contributed by atoms with van der Waals surface area (Å²) >= 11 is 1.23. The van der Waals surface area contributed by atoms with Crippen molar-refractivity contribution in [2.24, 2.45) is 5.92 Å². The molecule has 1 N–H and O–H groups in total. The van der Waals surface area contributed by atoms with Gasteiger partial charge in [-0.1, -0.05) is 6.07 Å². The zero-order valence-corrected chi connectivity index (χ0v) is 13.1. The van der Waals surface area contributed by atoms with E-state index in [2.05, 4.69) is 5.32 Å². The molecule has 1 aliphatic heterocycles. The van der Waals surface area contributed by atoms with Gasteiger partial charge in [0.1, 0.15) is 0 Å². The molecule has 0 spiro atoms. The summed E-state index contributed by atoms with van der Waals surface area (Å²) in [5, 5.41) is 4.18. The van der Waals surface area contributed by atoms with Gasteiger partial charge in [-0.3, -0.25) is 9.59 Å². The van der Waals surface area contributed by atoms with Crippen LogP contribution in [0.15, 0.2) is 17.5 Å². The van der Waals surface area contributed by atoms with E-state index in [0.29, 0.717) is 4.88 Å². The van der Waals surface area contributed by atoms with Crippen LogP contribution in [0.5, 0.6) is 0 Å². The molecule has 0 aliphatic carbocycles. The van der Waals surface area contributed by atoms with Crippen LogP contribution < -0.4 is 5.32 Å². The molecule has 1 saturated heterocycles. The van der Waals surface area contributed by atoms with E-state index in [9.17, 15) is 22.8 Å². The second kappa shape index (κ2) is 5.91. The second-order valence-corrected chi connectivity index (χ2v) is 6.69. The Labute approximate surface area is 130 Å². The molecule has 2 heterocycles. The summed E-state index contributed by atoms with van der Waals surface area (Å²) < 4.78 is 39.0. The van der Waals surface area contributed by atoms with Crippen molar-refractivity contribution in [2.75, 3.05) is 13.1 Å². The van der Waals surface area contributed by atoms with Gasteiger partial charge in [0, 0.05) is 12.1 Å².